The lowest BCUT2D eigenvalue weighted by atomic mass is 9.91. The molecule has 1 N–H and O–H groups in total. The Balaban J connectivity index is 1.91. The predicted molar refractivity (Wildman–Crippen MR) is 63.6 cm³/mol. The summed E-state index contributed by atoms with van der Waals surface area (Å²) in [5.74, 6) is 0.979. The zero-order chi connectivity index (χ0) is 10.2. The molecule has 0 aromatic carbocycles. The summed E-state index contributed by atoms with van der Waals surface area (Å²) in [5, 5.41) is 3.58. The van der Waals surface area contributed by atoms with Crippen molar-refractivity contribution in [2.45, 2.75) is 71.3 Å². The molecule has 14 heavy (non-hydrogen) atoms. The molecule has 2 unspecified atom stereocenters. The van der Waals surface area contributed by atoms with Crippen LogP contribution in [0.4, 0.5) is 0 Å². The van der Waals surface area contributed by atoms with Crippen LogP contribution in [0.3, 0.4) is 0 Å². The third-order valence-corrected chi connectivity index (χ3v) is 3.48. The molecule has 0 spiro atoms. The van der Waals surface area contributed by atoms with Crippen molar-refractivity contribution in [2.24, 2.45) is 5.92 Å². The highest BCUT2D eigenvalue weighted by Crippen LogP contribution is 2.20. The van der Waals surface area contributed by atoms with E-state index in [1.54, 1.807) is 0 Å². The summed E-state index contributed by atoms with van der Waals surface area (Å²) in [4.78, 5) is 0. The third-order valence-electron chi connectivity index (χ3n) is 3.48. The molecule has 1 heterocycles. The largest absolute Gasteiger partial charge is 0.314 e. The maximum Gasteiger partial charge on any atom is 0.00389 e. The SMILES string of the molecule is CCCCCCCC1CCC(C)NC1. The van der Waals surface area contributed by atoms with Crippen molar-refractivity contribution in [1.29, 1.82) is 0 Å². The van der Waals surface area contributed by atoms with E-state index in [9.17, 15) is 0 Å². The first kappa shape index (κ1) is 12.0. The van der Waals surface area contributed by atoms with Crippen LogP contribution in [0, 0.1) is 5.92 Å². The minimum absolute atomic E-state index is 0.770. The smallest absolute Gasteiger partial charge is 0.00389 e. The summed E-state index contributed by atoms with van der Waals surface area (Å²) in [6, 6.07) is 0.770. The van der Waals surface area contributed by atoms with Gasteiger partial charge in [-0.3, -0.25) is 0 Å². The van der Waals surface area contributed by atoms with Crippen LogP contribution >= 0.6 is 0 Å². The van der Waals surface area contributed by atoms with E-state index in [-0.39, 0.29) is 0 Å². The van der Waals surface area contributed by atoms with Crippen LogP contribution in [-0.2, 0) is 0 Å². The summed E-state index contributed by atoms with van der Waals surface area (Å²) >= 11 is 0. The third kappa shape index (κ3) is 4.99. The van der Waals surface area contributed by atoms with Gasteiger partial charge in [0.1, 0.15) is 0 Å². The van der Waals surface area contributed by atoms with Crippen molar-refractivity contribution >= 4 is 0 Å². The fourth-order valence-corrected chi connectivity index (χ4v) is 2.34. The summed E-state index contributed by atoms with van der Waals surface area (Å²) in [7, 11) is 0. The van der Waals surface area contributed by atoms with E-state index in [1.165, 1.54) is 57.9 Å². The van der Waals surface area contributed by atoms with E-state index >= 15 is 0 Å². The van der Waals surface area contributed by atoms with E-state index in [1.807, 2.05) is 0 Å². The Kier molecular flexibility index (Phi) is 6.25. The van der Waals surface area contributed by atoms with E-state index in [0.717, 1.165) is 12.0 Å². The minimum Gasteiger partial charge on any atom is -0.314 e. The molecule has 0 radical (unpaired) electrons. The molecular weight excluding hydrogens is 170 g/mol. The normalized spacial score (nSPS) is 27.9. The van der Waals surface area contributed by atoms with Gasteiger partial charge in [-0.05, 0) is 38.6 Å². The second kappa shape index (κ2) is 7.28. The van der Waals surface area contributed by atoms with Gasteiger partial charge in [0.25, 0.3) is 0 Å². The van der Waals surface area contributed by atoms with Crippen molar-refractivity contribution in [3.63, 3.8) is 0 Å². The molecular formula is C13H27N. The van der Waals surface area contributed by atoms with Gasteiger partial charge in [-0.25, -0.2) is 0 Å². The van der Waals surface area contributed by atoms with Gasteiger partial charge in [0.05, 0.1) is 0 Å². The molecule has 1 aliphatic heterocycles. The van der Waals surface area contributed by atoms with Crippen molar-refractivity contribution in [1.82, 2.24) is 5.32 Å². The lowest BCUT2D eigenvalue weighted by molar-refractivity contribution is 0.301. The first-order chi connectivity index (χ1) is 6.83. The quantitative estimate of drug-likeness (QED) is 0.640. The van der Waals surface area contributed by atoms with Crippen LogP contribution in [0.1, 0.15) is 65.2 Å². The van der Waals surface area contributed by atoms with Crippen LogP contribution in [0.2, 0.25) is 0 Å². The molecule has 0 saturated carbocycles. The topological polar surface area (TPSA) is 12.0 Å². The second-order valence-corrected chi connectivity index (χ2v) is 4.96. The highest BCUT2D eigenvalue weighted by molar-refractivity contribution is 4.74. The first-order valence-corrected chi connectivity index (χ1v) is 6.56. The molecule has 1 heteroatoms. The molecule has 0 bridgehead atoms. The number of hydrogen-bond donors (Lipinski definition) is 1. The van der Waals surface area contributed by atoms with Gasteiger partial charge >= 0.3 is 0 Å². The van der Waals surface area contributed by atoms with E-state index in [0.29, 0.717) is 0 Å². The van der Waals surface area contributed by atoms with Gasteiger partial charge in [-0.2, -0.15) is 0 Å². The van der Waals surface area contributed by atoms with Crippen LogP contribution in [0.15, 0.2) is 0 Å². The number of unbranched alkanes of at least 4 members (excludes halogenated alkanes) is 4. The Morgan fingerprint density at radius 1 is 1.07 bits per heavy atom. The molecule has 1 nitrogen and oxygen atoms in total. The highest BCUT2D eigenvalue weighted by Gasteiger charge is 2.16. The lowest BCUT2D eigenvalue weighted by Crippen LogP contribution is -2.36. The summed E-state index contributed by atoms with van der Waals surface area (Å²) in [6.07, 6.45) is 11.5. The molecule has 0 aliphatic carbocycles. The molecule has 1 rings (SSSR count). The fourth-order valence-electron chi connectivity index (χ4n) is 2.34. The Bertz CT molecular complexity index is 125. The van der Waals surface area contributed by atoms with Crippen molar-refractivity contribution < 1.29 is 0 Å². The zero-order valence-corrected chi connectivity index (χ0v) is 10.0. The first-order valence-electron chi connectivity index (χ1n) is 6.56. The Morgan fingerprint density at radius 2 is 1.86 bits per heavy atom. The molecule has 0 amide bonds. The molecule has 1 fully saturated rings. The van der Waals surface area contributed by atoms with Gasteiger partial charge in [-0.15, -0.1) is 0 Å². The zero-order valence-electron chi connectivity index (χ0n) is 10.0. The lowest BCUT2D eigenvalue weighted by Gasteiger charge is -2.27. The van der Waals surface area contributed by atoms with Crippen molar-refractivity contribution in [3.05, 3.63) is 0 Å². The maximum atomic E-state index is 3.58. The van der Waals surface area contributed by atoms with Crippen LogP contribution in [0.25, 0.3) is 0 Å². The maximum absolute atomic E-state index is 3.58. The average molecular weight is 197 g/mol. The standard InChI is InChI=1S/C13H27N/c1-3-4-5-6-7-8-13-10-9-12(2)14-11-13/h12-14H,3-11H2,1-2H3. The number of hydrogen-bond acceptors (Lipinski definition) is 1. The predicted octanol–water partition coefficient (Wildman–Crippen LogP) is 3.74. The van der Waals surface area contributed by atoms with Gasteiger partial charge in [-0.1, -0.05) is 39.0 Å². The minimum atomic E-state index is 0.770. The molecule has 84 valence electrons. The average Bonchev–Trinajstić information content (AvgIpc) is 2.21. The van der Waals surface area contributed by atoms with Gasteiger partial charge in [0.2, 0.25) is 0 Å². The Morgan fingerprint density at radius 3 is 2.50 bits per heavy atom. The Hall–Kier alpha value is -0.0400. The van der Waals surface area contributed by atoms with Crippen LogP contribution in [-0.4, -0.2) is 12.6 Å². The van der Waals surface area contributed by atoms with Crippen LogP contribution < -0.4 is 5.32 Å². The second-order valence-electron chi connectivity index (χ2n) is 4.96. The summed E-state index contributed by atoms with van der Waals surface area (Å²) in [5.41, 5.74) is 0. The van der Waals surface area contributed by atoms with Gasteiger partial charge in [0.15, 0.2) is 0 Å². The van der Waals surface area contributed by atoms with Gasteiger partial charge < -0.3 is 5.32 Å². The van der Waals surface area contributed by atoms with Crippen molar-refractivity contribution in [2.75, 3.05) is 6.54 Å². The monoisotopic (exact) mass is 197 g/mol. The number of nitrogens with one attached hydrogen (secondary N) is 1. The molecule has 2 atom stereocenters. The Labute approximate surface area is 89.7 Å². The molecule has 0 aromatic heterocycles. The van der Waals surface area contributed by atoms with Gasteiger partial charge in [0, 0.05) is 6.04 Å². The van der Waals surface area contributed by atoms with E-state index < -0.39 is 0 Å². The molecule has 0 aromatic rings. The van der Waals surface area contributed by atoms with E-state index in [4.69, 9.17) is 0 Å². The number of rotatable bonds is 6. The summed E-state index contributed by atoms with van der Waals surface area (Å²) < 4.78 is 0. The number of piperidine rings is 1. The highest BCUT2D eigenvalue weighted by atomic mass is 14.9. The van der Waals surface area contributed by atoms with Crippen LogP contribution in [0.5, 0.6) is 0 Å². The molecule has 1 aliphatic rings. The van der Waals surface area contributed by atoms with E-state index in [2.05, 4.69) is 19.2 Å². The fraction of sp³-hybridized carbons (Fsp3) is 1.00. The summed E-state index contributed by atoms with van der Waals surface area (Å²) in [6.45, 7) is 5.86. The van der Waals surface area contributed by atoms with Crippen molar-refractivity contribution in [3.8, 4) is 0 Å². The molecule has 1 saturated heterocycles.